The van der Waals surface area contributed by atoms with E-state index in [1.807, 2.05) is 18.2 Å². The molecule has 1 aromatic carbocycles. The Morgan fingerprint density at radius 2 is 2.18 bits per heavy atom. The van der Waals surface area contributed by atoms with Crippen molar-refractivity contribution in [1.82, 2.24) is 0 Å². The SMILES string of the molecule is COc1cccc(N(C)CCCCC(N)=S)c1. The topological polar surface area (TPSA) is 38.5 Å². The molecule has 0 aliphatic heterocycles. The molecule has 94 valence electrons. The minimum absolute atomic E-state index is 0.606. The maximum Gasteiger partial charge on any atom is 0.120 e. The second-order valence-corrected chi connectivity index (χ2v) is 4.57. The van der Waals surface area contributed by atoms with Gasteiger partial charge in [-0.1, -0.05) is 18.3 Å². The number of anilines is 1. The molecule has 0 aliphatic rings. The van der Waals surface area contributed by atoms with Crippen molar-refractivity contribution in [2.45, 2.75) is 19.3 Å². The smallest absolute Gasteiger partial charge is 0.120 e. The predicted molar refractivity (Wildman–Crippen MR) is 76.9 cm³/mol. The molecule has 17 heavy (non-hydrogen) atoms. The summed E-state index contributed by atoms with van der Waals surface area (Å²) in [5, 5.41) is 0. The Morgan fingerprint density at radius 1 is 1.41 bits per heavy atom. The zero-order valence-electron chi connectivity index (χ0n) is 10.5. The molecule has 1 rings (SSSR count). The predicted octanol–water partition coefficient (Wildman–Crippen LogP) is 2.59. The number of nitrogens with zero attached hydrogens (tertiary/aromatic N) is 1. The lowest BCUT2D eigenvalue weighted by Crippen LogP contribution is -2.19. The van der Waals surface area contributed by atoms with E-state index in [0.717, 1.165) is 31.6 Å². The van der Waals surface area contributed by atoms with Crippen LogP contribution in [0.5, 0.6) is 5.75 Å². The van der Waals surface area contributed by atoms with Gasteiger partial charge < -0.3 is 15.4 Å². The summed E-state index contributed by atoms with van der Waals surface area (Å²) in [5.74, 6) is 0.887. The molecule has 0 radical (unpaired) electrons. The first kappa shape index (κ1) is 13.8. The molecule has 0 amide bonds. The van der Waals surface area contributed by atoms with Crippen LogP contribution in [0.3, 0.4) is 0 Å². The molecule has 0 saturated carbocycles. The lowest BCUT2D eigenvalue weighted by Gasteiger charge is -2.19. The lowest BCUT2D eigenvalue weighted by atomic mass is 10.2. The van der Waals surface area contributed by atoms with Crippen molar-refractivity contribution in [3.63, 3.8) is 0 Å². The number of hydrogen-bond donors (Lipinski definition) is 1. The number of rotatable bonds is 7. The molecule has 0 unspecified atom stereocenters. The van der Waals surface area contributed by atoms with Crippen molar-refractivity contribution in [3.05, 3.63) is 24.3 Å². The Hall–Kier alpha value is -1.29. The normalized spacial score (nSPS) is 10.0. The molecule has 2 N–H and O–H groups in total. The van der Waals surface area contributed by atoms with Crippen LogP contribution < -0.4 is 15.4 Å². The van der Waals surface area contributed by atoms with Crippen LogP contribution in [0.15, 0.2) is 24.3 Å². The van der Waals surface area contributed by atoms with Crippen LogP contribution in [-0.4, -0.2) is 25.7 Å². The van der Waals surface area contributed by atoms with E-state index in [1.165, 1.54) is 5.69 Å². The van der Waals surface area contributed by atoms with Crippen LogP contribution in [0.4, 0.5) is 5.69 Å². The fourth-order valence-corrected chi connectivity index (χ4v) is 1.77. The molecule has 0 spiro atoms. The Morgan fingerprint density at radius 3 is 2.82 bits per heavy atom. The standard InChI is InChI=1S/C13H20N2OS/c1-15(9-4-3-8-13(14)17)11-6-5-7-12(10-11)16-2/h5-7,10H,3-4,8-9H2,1-2H3,(H2,14,17). The summed E-state index contributed by atoms with van der Waals surface area (Å²) in [6, 6.07) is 8.06. The lowest BCUT2D eigenvalue weighted by molar-refractivity contribution is 0.415. The number of unbranched alkanes of at least 4 members (excludes halogenated alkanes) is 1. The van der Waals surface area contributed by atoms with Crippen molar-refractivity contribution >= 4 is 22.9 Å². The summed E-state index contributed by atoms with van der Waals surface area (Å²) in [5.41, 5.74) is 6.63. The van der Waals surface area contributed by atoms with E-state index in [1.54, 1.807) is 7.11 Å². The van der Waals surface area contributed by atoms with Gasteiger partial charge in [-0.3, -0.25) is 0 Å². The van der Waals surface area contributed by atoms with Gasteiger partial charge in [-0.2, -0.15) is 0 Å². The molecule has 1 aromatic rings. The van der Waals surface area contributed by atoms with E-state index in [4.69, 9.17) is 22.7 Å². The highest BCUT2D eigenvalue weighted by Crippen LogP contribution is 2.20. The average molecular weight is 252 g/mol. The molecule has 0 fully saturated rings. The number of thiocarbonyl (C=S) groups is 1. The van der Waals surface area contributed by atoms with E-state index in [2.05, 4.69) is 18.0 Å². The van der Waals surface area contributed by atoms with Crippen molar-refractivity contribution in [2.75, 3.05) is 25.6 Å². The fourth-order valence-electron chi connectivity index (χ4n) is 1.63. The molecular weight excluding hydrogens is 232 g/mol. The van der Waals surface area contributed by atoms with E-state index in [-0.39, 0.29) is 0 Å². The molecule has 0 bridgehead atoms. The summed E-state index contributed by atoms with van der Waals surface area (Å²) in [7, 11) is 3.76. The van der Waals surface area contributed by atoms with Gasteiger partial charge in [0.25, 0.3) is 0 Å². The first-order valence-corrected chi connectivity index (χ1v) is 6.18. The zero-order chi connectivity index (χ0) is 12.7. The second kappa shape index (κ2) is 7.12. The van der Waals surface area contributed by atoms with E-state index in [0.29, 0.717) is 4.99 Å². The third-order valence-electron chi connectivity index (χ3n) is 2.66. The van der Waals surface area contributed by atoms with Crippen molar-refractivity contribution in [3.8, 4) is 5.75 Å². The van der Waals surface area contributed by atoms with Gasteiger partial charge in [0.05, 0.1) is 12.1 Å². The highest BCUT2D eigenvalue weighted by atomic mass is 32.1. The molecule has 3 nitrogen and oxygen atoms in total. The number of nitrogens with two attached hydrogens (primary N) is 1. The molecular formula is C13H20N2OS. The molecule has 0 aromatic heterocycles. The summed E-state index contributed by atoms with van der Waals surface area (Å²) >= 11 is 4.85. The zero-order valence-corrected chi connectivity index (χ0v) is 11.3. The number of benzene rings is 1. The Bertz CT molecular complexity index is 368. The summed E-state index contributed by atoms with van der Waals surface area (Å²) in [4.78, 5) is 2.82. The van der Waals surface area contributed by atoms with Gasteiger partial charge in [-0.25, -0.2) is 0 Å². The summed E-state index contributed by atoms with van der Waals surface area (Å²) in [6.07, 6.45) is 2.97. The van der Waals surface area contributed by atoms with Gasteiger partial charge in [0.1, 0.15) is 5.75 Å². The minimum atomic E-state index is 0.606. The molecule has 0 saturated heterocycles. The third-order valence-corrected chi connectivity index (χ3v) is 2.86. The van der Waals surface area contributed by atoms with Crippen LogP contribution in [-0.2, 0) is 0 Å². The summed E-state index contributed by atoms with van der Waals surface area (Å²) < 4.78 is 5.20. The number of ether oxygens (including phenoxy) is 1. The molecule has 0 aliphatic carbocycles. The maximum absolute atomic E-state index is 5.46. The van der Waals surface area contributed by atoms with E-state index >= 15 is 0 Å². The average Bonchev–Trinajstić information content (AvgIpc) is 2.34. The number of hydrogen-bond acceptors (Lipinski definition) is 3. The number of methoxy groups -OCH3 is 1. The monoisotopic (exact) mass is 252 g/mol. The van der Waals surface area contributed by atoms with E-state index < -0.39 is 0 Å². The molecule has 0 atom stereocenters. The highest BCUT2D eigenvalue weighted by molar-refractivity contribution is 7.80. The van der Waals surface area contributed by atoms with Crippen LogP contribution in [0, 0.1) is 0 Å². The van der Waals surface area contributed by atoms with Gasteiger partial charge >= 0.3 is 0 Å². The third kappa shape index (κ3) is 5.04. The first-order valence-electron chi connectivity index (χ1n) is 5.77. The Labute approximate surface area is 109 Å². The van der Waals surface area contributed by atoms with Crippen molar-refractivity contribution in [1.29, 1.82) is 0 Å². The minimum Gasteiger partial charge on any atom is -0.497 e. The summed E-state index contributed by atoms with van der Waals surface area (Å²) in [6.45, 7) is 0.996. The van der Waals surface area contributed by atoms with Gasteiger partial charge in [0.2, 0.25) is 0 Å². The highest BCUT2D eigenvalue weighted by Gasteiger charge is 2.02. The molecule has 4 heteroatoms. The van der Waals surface area contributed by atoms with Gasteiger partial charge in [0, 0.05) is 25.3 Å². The van der Waals surface area contributed by atoms with Crippen LogP contribution in [0.2, 0.25) is 0 Å². The maximum atomic E-state index is 5.46. The molecule has 0 heterocycles. The largest absolute Gasteiger partial charge is 0.497 e. The van der Waals surface area contributed by atoms with Crippen molar-refractivity contribution < 1.29 is 4.74 Å². The van der Waals surface area contributed by atoms with Crippen LogP contribution in [0.1, 0.15) is 19.3 Å². The first-order chi connectivity index (χ1) is 8.13. The van der Waals surface area contributed by atoms with Crippen molar-refractivity contribution in [2.24, 2.45) is 5.73 Å². The fraction of sp³-hybridized carbons (Fsp3) is 0.462. The quantitative estimate of drug-likeness (QED) is 0.598. The van der Waals surface area contributed by atoms with Gasteiger partial charge in [0.15, 0.2) is 0 Å². The Balaban J connectivity index is 2.40. The second-order valence-electron chi connectivity index (χ2n) is 4.05. The Kier molecular flexibility index (Phi) is 5.77. The van der Waals surface area contributed by atoms with Crippen LogP contribution in [0.25, 0.3) is 0 Å². The van der Waals surface area contributed by atoms with Gasteiger partial charge in [-0.15, -0.1) is 0 Å². The van der Waals surface area contributed by atoms with Gasteiger partial charge in [-0.05, 0) is 31.4 Å². The van der Waals surface area contributed by atoms with Crippen LogP contribution >= 0.6 is 12.2 Å². The van der Waals surface area contributed by atoms with E-state index in [9.17, 15) is 0 Å².